The van der Waals surface area contributed by atoms with E-state index in [-0.39, 0.29) is 11.7 Å². The largest absolute Gasteiger partial charge is 0.339 e. The number of hydrogen-bond donors (Lipinski definition) is 1. The summed E-state index contributed by atoms with van der Waals surface area (Å²) >= 11 is 0. The van der Waals surface area contributed by atoms with Crippen LogP contribution in [0.3, 0.4) is 0 Å². The van der Waals surface area contributed by atoms with Crippen LogP contribution in [-0.4, -0.2) is 30.7 Å². The minimum absolute atomic E-state index is 0.118. The number of carbonyl (C=O) groups excluding carboxylic acids is 1. The molecule has 7 nitrogen and oxygen atoms in total. The highest BCUT2D eigenvalue weighted by Gasteiger charge is 2.14. The van der Waals surface area contributed by atoms with Crippen LogP contribution in [0, 0.1) is 6.92 Å². The zero-order valence-corrected chi connectivity index (χ0v) is 15.1. The molecule has 0 unspecified atom stereocenters. The fraction of sp³-hybridized carbons (Fsp3) is 0.167. The Kier molecular flexibility index (Phi) is 4.85. The summed E-state index contributed by atoms with van der Waals surface area (Å²) in [6.07, 6.45) is 1.16. The highest BCUT2D eigenvalue weighted by molar-refractivity contribution is 7.89. The van der Waals surface area contributed by atoms with Gasteiger partial charge in [-0.15, -0.1) is 0 Å². The van der Waals surface area contributed by atoms with Crippen molar-refractivity contribution in [3.63, 3.8) is 0 Å². The number of anilines is 1. The van der Waals surface area contributed by atoms with Crippen molar-refractivity contribution < 1.29 is 17.7 Å². The standard InChI is InChI=1S/C18H17N3O4S/c1-12-19-17(21-25-12)15-8-3-4-9-16(15)20-18(22)14-7-5-6-13(10-14)11-26(2,23)24/h3-10H,11H2,1-2H3,(H,20,22). The Labute approximate surface area is 151 Å². The van der Waals surface area contributed by atoms with Crippen LogP contribution < -0.4 is 5.32 Å². The SMILES string of the molecule is Cc1nc(-c2ccccc2NC(=O)c2cccc(CS(C)(=O)=O)c2)no1. The lowest BCUT2D eigenvalue weighted by molar-refractivity contribution is 0.102. The fourth-order valence-electron chi connectivity index (χ4n) is 2.50. The molecule has 0 saturated carbocycles. The van der Waals surface area contributed by atoms with Crippen LogP contribution in [-0.2, 0) is 15.6 Å². The van der Waals surface area contributed by atoms with Crippen molar-refractivity contribution >= 4 is 21.4 Å². The molecule has 0 fully saturated rings. The van der Waals surface area contributed by atoms with Crippen molar-refractivity contribution in [2.75, 3.05) is 11.6 Å². The number of benzene rings is 2. The molecule has 0 atom stereocenters. The van der Waals surface area contributed by atoms with Gasteiger partial charge in [-0.25, -0.2) is 8.42 Å². The van der Waals surface area contributed by atoms with E-state index in [9.17, 15) is 13.2 Å². The smallest absolute Gasteiger partial charge is 0.255 e. The second-order valence-corrected chi connectivity index (χ2v) is 8.05. The van der Waals surface area contributed by atoms with Gasteiger partial charge in [0.05, 0.1) is 11.4 Å². The second-order valence-electron chi connectivity index (χ2n) is 5.91. The molecule has 134 valence electrons. The van der Waals surface area contributed by atoms with E-state index in [4.69, 9.17) is 4.52 Å². The van der Waals surface area contributed by atoms with Gasteiger partial charge >= 0.3 is 0 Å². The molecule has 1 N–H and O–H groups in total. The molecular weight excluding hydrogens is 354 g/mol. The van der Waals surface area contributed by atoms with Crippen LogP contribution in [0.1, 0.15) is 21.8 Å². The number of amides is 1. The summed E-state index contributed by atoms with van der Waals surface area (Å²) in [5.41, 5.74) is 2.09. The molecule has 0 saturated heterocycles. The van der Waals surface area contributed by atoms with Crippen molar-refractivity contribution in [1.82, 2.24) is 10.1 Å². The van der Waals surface area contributed by atoms with Crippen LogP contribution in [0.4, 0.5) is 5.69 Å². The number of nitrogens with zero attached hydrogens (tertiary/aromatic N) is 2. The Morgan fingerprint density at radius 1 is 1.15 bits per heavy atom. The van der Waals surface area contributed by atoms with Crippen LogP contribution in [0.15, 0.2) is 53.1 Å². The predicted molar refractivity (Wildman–Crippen MR) is 97.4 cm³/mol. The predicted octanol–water partition coefficient (Wildman–Crippen LogP) is 2.84. The quantitative estimate of drug-likeness (QED) is 0.740. The van der Waals surface area contributed by atoms with Gasteiger partial charge in [0.15, 0.2) is 9.84 Å². The summed E-state index contributed by atoms with van der Waals surface area (Å²) in [7, 11) is -3.18. The van der Waals surface area contributed by atoms with Crippen molar-refractivity contribution in [2.24, 2.45) is 0 Å². The summed E-state index contributed by atoms with van der Waals surface area (Å²) in [5, 5.41) is 6.69. The molecule has 1 amide bonds. The molecule has 26 heavy (non-hydrogen) atoms. The number of aryl methyl sites for hydroxylation is 1. The van der Waals surface area contributed by atoms with Crippen molar-refractivity contribution in [1.29, 1.82) is 0 Å². The Hall–Kier alpha value is -3.00. The first-order chi connectivity index (χ1) is 12.3. The first kappa shape index (κ1) is 17.8. The van der Waals surface area contributed by atoms with Gasteiger partial charge in [0.1, 0.15) is 0 Å². The Morgan fingerprint density at radius 3 is 2.62 bits per heavy atom. The van der Waals surface area contributed by atoms with E-state index in [1.54, 1.807) is 49.4 Å². The van der Waals surface area contributed by atoms with Gasteiger partial charge in [-0.1, -0.05) is 29.4 Å². The third kappa shape index (κ3) is 4.34. The van der Waals surface area contributed by atoms with E-state index in [1.165, 1.54) is 0 Å². The van der Waals surface area contributed by atoms with Crippen LogP contribution in [0.5, 0.6) is 0 Å². The maximum atomic E-state index is 12.6. The molecule has 3 aromatic rings. The van der Waals surface area contributed by atoms with Crippen molar-refractivity contribution in [3.05, 3.63) is 65.5 Å². The van der Waals surface area contributed by atoms with E-state index >= 15 is 0 Å². The third-order valence-electron chi connectivity index (χ3n) is 3.56. The average Bonchev–Trinajstić information content (AvgIpc) is 3.00. The number of hydrogen-bond acceptors (Lipinski definition) is 6. The Balaban J connectivity index is 1.86. The number of para-hydroxylation sites is 1. The maximum Gasteiger partial charge on any atom is 0.255 e. The summed E-state index contributed by atoms with van der Waals surface area (Å²) in [6, 6.07) is 13.6. The number of aromatic nitrogens is 2. The summed E-state index contributed by atoms with van der Waals surface area (Å²) < 4.78 is 27.9. The zero-order valence-electron chi connectivity index (χ0n) is 14.3. The Bertz CT molecular complexity index is 1060. The molecule has 0 bridgehead atoms. The van der Waals surface area contributed by atoms with Crippen LogP contribution in [0.25, 0.3) is 11.4 Å². The van der Waals surface area contributed by atoms with E-state index in [2.05, 4.69) is 15.5 Å². The minimum atomic E-state index is -3.18. The summed E-state index contributed by atoms with van der Waals surface area (Å²) in [5.74, 6) is 0.333. The normalized spacial score (nSPS) is 11.3. The van der Waals surface area contributed by atoms with Gasteiger partial charge in [-0.05, 0) is 29.8 Å². The molecule has 0 aliphatic carbocycles. The lowest BCUT2D eigenvalue weighted by atomic mass is 10.1. The molecule has 1 heterocycles. The van der Waals surface area contributed by atoms with E-state index in [0.29, 0.717) is 34.1 Å². The van der Waals surface area contributed by atoms with Crippen molar-refractivity contribution in [2.45, 2.75) is 12.7 Å². The van der Waals surface area contributed by atoms with Crippen molar-refractivity contribution in [3.8, 4) is 11.4 Å². The van der Waals surface area contributed by atoms with Gasteiger partial charge in [0.2, 0.25) is 11.7 Å². The third-order valence-corrected chi connectivity index (χ3v) is 4.42. The Morgan fingerprint density at radius 2 is 1.92 bits per heavy atom. The summed E-state index contributed by atoms with van der Waals surface area (Å²) in [6.45, 7) is 1.69. The molecule has 1 aromatic heterocycles. The molecule has 0 radical (unpaired) electrons. The average molecular weight is 371 g/mol. The van der Waals surface area contributed by atoms with Gasteiger partial charge in [-0.3, -0.25) is 4.79 Å². The molecule has 3 rings (SSSR count). The monoisotopic (exact) mass is 371 g/mol. The molecule has 0 spiro atoms. The highest BCUT2D eigenvalue weighted by Crippen LogP contribution is 2.26. The molecule has 0 aliphatic heterocycles. The lowest BCUT2D eigenvalue weighted by Crippen LogP contribution is -2.13. The molecular formula is C18H17N3O4S. The second kappa shape index (κ2) is 7.09. The van der Waals surface area contributed by atoms with E-state index in [0.717, 1.165) is 6.26 Å². The number of nitrogens with one attached hydrogen (secondary N) is 1. The molecule has 2 aromatic carbocycles. The highest BCUT2D eigenvalue weighted by atomic mass is 32.2. The van der Waals surface area contributed by atoms with Gasteiger partial charge < -0.3 is 9.84 Å². The van der Waals surface area contributed by atoms with Gasteiger partial charge in [0.25, 0.3) is 5.91 Å². The maximum absolute atomic E-state index is 12.6. The number of sulfone groups is 1. The van der Waals surface area contributed by atoms with E-state index < -0.39 is 9.84 Å². The first-order valence-electron chi connectivity index (χ1n) is 7.79. The lowest BCUT2D eigenvalue weighted by Gasteiger charge is -2.09. The van der Waals surface area contributed by atoms with Gasteiger partial charge in [0, 0.05) is 24.3 Å². The molecule has 0 aliphatic rings. The number of rotatable bonds is 5. The van der Waals surface area contributed by atoms with E-state index in [1.807, 2.05) is 6.07 Å². The minimum Gasteiger partial charge on any atom is -0.339 e. The topological polar surface area (TPSA) is 102 Å². The number of carbonyl (C=O) groups is 1. The van der Waals surface area contributed by atoms with Crippen LogP contribution in [0.2, 0.25) is 0 Å². The zero-order chi connectivity index (χ0) is 18.7. The fourth-order valence-corrected chi connectivity index (χ4v) is 3.28. The van der Waals surface area contributed by atoms with Gasteiger partial charge in [-0.2, -0.15) is 4.98 Å². The summed E-state index contributed by atoms with van der Waals surface area (Å²) in [4.78, 5) is 16.8. The van der Waals surface area contributed by atoms with Crippen LogP contribution >= 0.6 is 0 Å². The molecule has 8 heteroatoms. The first-order valence-corrected chi connectivity index (χ1v) is 9.85.